The molecule has 1 fully saturated rings. The molecule has 3 aromatic heterocycles. The zero-order valence-electron chi connectivity index (χ0n) is 19.0. The normalized spacial score (nSPS) is 18.5. The molecule has 7 heteroatoms. The number of pyridine rings is 2. The highest BCUT2D eigenvalue weighted by Gasteiger charge is 2.27. The van der Waals surface area contributed by atoms with Crippen molar-refractivity contribution in [3.8, 4) is 11.1 Å². The van der Waals surface area contributed by atoms with E-state index in [0.29, 0.717) is 18.4 Å². The molecule has 0 bridgehead atoms. The molecule has 1 aliphatic carbocycles. The van der Waals surface area contributed by atoms with Gasteiger partial charge in [-0.3, -0.25) is 19.3 Å². The maximum absolute atomic E-state index is 12.6. The van der Waals surface area contributed by atoms with Crippen molar-refractivity contribution in [2.45, 2.75) is 51.9 Å². The lowest BCUT2D eigenvalue weighted by Crippen LogP contribution is -2.34. The number of carbonyl (C=O) groups excluding carboxylic acids is 1. The number of hydrogen-bond donors (Lipinski definition) is 2. The summed E-state index contributed by atoms with van der Waals surface area (Å²) >= 11 is 0. The van der Waals surface area contributed by atoms with Crippen LogP contribution in [0.5, 0.6) is 0 Å². The van der Waals surface area contributed by atoms with Crippen LogP contribution in [0.2, 0.25) is 0 Å². The van der Waals surface area contributed by atoms with Crippen LogP contribution in [0.3, 0.4) is 0 Å². The molecule has 3 aromatic rings. The number of aromatic nitrogens is 4. The first-order valence-corrected chi connectivity index (χ1v) is 11.4. The van der Waals surface area contributed by atoms with Gasteiger partial charge in [-0.1, -0.05) is 6.92 Å². The van der Waals surface area contributed by atoms with Gasteiger partial charge in [0.2, 0.25) is 0 Å². The first kappa shape index (κ1) is 22.0. The SMILES string of the molecule is CCc1[nH]c(=O)c(C(=O)NCC2CCC(c3nn(C)cc3-c3ccncc3)CC2)cc1C. The van der Waals surface area contributed by atoms with Crippen LogP contribution in [0, 0.1) is 12.8 Å². The third-order valence-corrected chi connectivity index (χ3v) is 6.58. The predicted octanol–water partition coefficient (Wildman–Crippen LogP) is 3.75. The van der Waals surface area contributed by atoms with Crippen LogP contribution in [0.25, 0.3) is 11.1 Å². The number of H-pyrrole nitrogens is 1. The van der Waals surface area contributed by atoms with E-state index in [1.807, 2.05) is 50.1 Å². The number of carbonyl (C=O) groups is 1. The maximum Gasteiger partial charge on any atom is 0.261 e. The van der Waals surface area contributed by atoms with Gasteiger partial charge in [0.15, 0.2) is 0 Å². The fourth-order valence-electron chi connectivity index (χ4n) is 4.74. The van der Waals surface area contributed by atoms with E-state index in [1.165, 1.54) is 5.56 Å². The summed E-state index contributed by atoms with van der Waals surface area (Å²) < 4.78 is 1.89. The van der Waals surface area contributed by atoms with E-state index in [2.05, 4.69) is 21.5 Å². The largest absolute Gasteiger partial charge is 0.352 e. The van der Waals surface area contributed by atoms with Gasteiger partial charge in [-0.25, -0.2) is 0 Å². The van der Waals surface area contributed by atoms with Crippen LogP contribution in [0.4, 0.5) is 0 Å². The van der Waals surface area contributed by atoms with Gasteiger partial charge in [0, 0.05) is 49.4 Å². The number of aryl methyl sites for hydroxylation is 3. The molecule has 1 aliphatic rings. The second-order valence-electron chi connectivity index (χ2n) is 8.79. The van der Waals surface area contributed by atoms with E-state index in [-0.39, 0.29) is 17.0 Å². The lowest BCUT2D eigenvalue weighted by Gasteiger charge is -2.28. The molecule has 0 radical (unpaired) electrons. The molecule has 0 atom stereocenters. The number of nitrogens with one attached hydrogen (secondary N) is 2. The quantitative estimate of drug-likeness (QED) is 0.619. The highest BCUT2D eigenvalue weighted by molar-refractivity contribution is 5.94. The number of rotatable bonds is 6. The minimum Gasteiger partial charge on any atom is -0.352 e. The Kier molecular flexibility index (Phi) is 6.53. The summed E-state index contributed by atoms with van der Waals surface area (Å²) in [6.45, 7) is 4.50. The van der Waals surface area contributed by atoms with E-state index in [1.54, 1.807) is 6.07 Å². The molecule has 0 aromatic carbocycles. The van der Waals surface area contributed by atoms with Crippen molar-refractivity contribution in [1.82, 2.24) is 25.1 Å². The molecule has 0 spiro atoms. The number of nitrogens with zero attached hydrogens (tertiary/aromatic N) is 3. The van der Waals surface area contributed by atoms with Gasteiger partial charge in [0.25, 0.3) is 11.5 Å². The molecule has 0 aliphatic heterocycles. The molecule has 1 saturated carbocycles. The Morgan fingerprint density at radius 1 is 1.22 bits per heavy atom. The van der Waals surface area contributed by atoms with Gasteiger partial charge < -0.3 is 10.3 Å². The third-order valence-electron chi connectivity index (χ3n) is 6.58. The first-order chi connectivity index (χ1) is 15.5. The molecule has 3 heterocycles. The summed E-state index contributed by atoms with van der Waals surface area (Å²) in [6, 6.07) is 5.75. The molecule has 4 rings (SSSR count). The lowest BCUT2D eigenvalue weighted by molar-refractivity contribution is 0.0941. The highest BCUT2D eigenvalue weighted by Crippen LogP contribution is 2.39. The Hall–Kier alpha value is -3.22. The standard InChI is InChI=1S/C25H31N5O2/c1-4-22-16(2)13-20(25(32)28-22)24(31)27-14-17-5-7-19(8-6-17)23-21(15-30(3)29-23)18-9-11-26-12-10-18/h9-13,15,17,19H,4-8,14H2,1-3H3,(H,27,31)(H,28,32). The summed E-state index contributed by atoms with van der Waals surface area (Å²) in [5.74, 6) is 0.542. The fraction of sp³-hybridized carbons (Fsp3) is 0.440. The van der Waals surface area contributed by atoms with Gasteiger partial charge in [0.05, 0.1) is 5.69 Å². The summed E-state index contributed by atoms with van der Waals surface area (Å²) in [4.78, 5) is 31.8. The van der Waals surface area contributed by atoms with Crippen LogP contribution < -0.4 is 10.9 Å². The minimum absolute atomic E-state index is 0.198. The molecule has 7 nitrogen and oxygen atoms in total. The van der Waals surface area contributed by atoms with Gasteiger partial charge in [-0.05, 0) is 74.3 Å². The topological polar surface area (TPSA) is 92.7 Å². The summed E-state index contributed by atoms with van der Waals surface area (Å²) in [5.41, 5.74) is 5.18. The Morgan fingerprint density at radius 3 is 2.62 bits per heavy atom. The van der Waals surface area contributed by atoms with Crippen molar-refractivity contribution < 1.29 is 4.79 Å². The highest BCUT2D eigenvalue weighted by atomic mass is 16.2. The average molecular weight is 434 g/mol. The molecular weight excluding hydrogens is 402 g/mol. The fourth-order valence-corrected chi connectivity index (χ4v) is 4.74. The number of amides is 1. The molecule has 0 saturated heterocycles. The summed E-state index contributed by atoms with van der Waals surface area (Å²) in [6.07, 6.45) is 10.6. The second-order valence-corrected chi connectivity index (χ2v) is 8.79. The van der Waals surface area contributed by atoms with Crippen LogP contribution >= 0.6 is 0 Å². The molecule has 32 heavy (non-hydrogen) atoms. The smallest absolute Gasteiger partial charge is 0.261 e. The molecule has 1 amide bonds. The van der Waals surface area contributed by atoms with Crippen LogP contribution in [-0.4, -0.2) is 32.2 Å². The predicted molar refractivity (Wildman–Crippen MR) is 125 cm³/mol. The first-order valence-electron chi connectivity index (χ1n) is 11.4. The lowest BCUT2D eigenvalue weighted by atomic mass is 9.79. The van der Waals surface area contributed by atoms with Crippen molar-refractivity contribution >= 4 is 5.91 Å². The second kappa shape index (κ2) is 9.51. The van der Waals surface area contributed by atoms with Crippen molar-refractivity contribution in [3.05, 3.63) is 69.7 Å². The van der Waals surface area contributed by atoms with Crippen molar-refractivity contribution in [2.75, 3.05) is 6.54 Å². The Bertz CT molecular complexity index is 1140. The average Bonchev–Trinajstić information content (AvgIpc) is 3.21. The zero-order chi connectivity index (χ0) is 22.7. The summed E-state index contributed by atoms with van der Waals surface area (Å²) in [7, 11) is 1.96. The minimum atomic E-state index is -0.313. The van der Waals surface area contributed by atoms with Crippen LogP contribution in [0.15, 0.2) is 41.6 Å². The van der Waals surface area contributed by atoms with E-state index in [9.17, 15) is 9.59 Å². The number of hydrogen-bond acceptors (Lipinski definition) is 4. The molecule has 0 unspecified atom stereocenters. The molecule has 168 valence electrons. The van der Waals surface area contributed by atoms with E-state index in [0.717, 1.165) is 54.6 Å². The van der Waals surface area contributed by atoms with Crippen molar-refractivity contribution in [1.29, 1.82) is 0 Å². The third kappa shape index (κ3) is 4.66. The van der Waals surface area contributed by atoms with Crippen LogP contribution in [0.1, 0.15) is 65.8 Å². The Labute approximate surface area is 188 Å². The number of aromatic amines is 1. The van der Waals surface area contributed by atoms with Gasteiger partial charge in [-0.15, -0.1) is 0 Å². The zero-order valence-corrected chi connectivity index (χ0v) is 19.0. The van der Waals surface area contributed by atoms with Gasteiger partial charge in [-0.2, -0.15) is 5.10 Å². The van der Waals surface area contributed by atoms with Crippen LogP contribution in [-0.2, 0) is 13.5 Å². The Morgan fingerprint density at radius 2 is 1.94 bits per heavy atom. The van der Waals surface area contributed by atoms with E-state index < -0.39 is 0 Å². The maximum atomic E-state index is 12.6. The van der Waals surface area contributed by atoms with Gasteiger partial charge >= 0.3 is 0 Å². The molecular formula is C25H31N5O2. The van der Waals surface area contributed by atoms with E-state index >= 15 is 0 Å². The monoisotopic (exact) mass is 433 g/mol. The van der Waals surface area contributed by atoms with E-state index in [4.69, 9.17) is 5.10 Å². The summed E-state index contributed by atoms with van der Waals surface area (Å²) in [5, 5.41) is 7.75. The van der Waals surface area contributed by atoms with Crippen molar-refractivity contribution in [2.24, 2.45) is 13.0 Å². The van der Waals surface area contributed by atoms with Gasteiger partial charge in [0.1, 0.15) is 5.56 Å². The molecule has 2 N–H and O–H groups in total. The van der Waals surface area contributed by atoms with Crippen molar-refractivity contribution in [3.63, 3.8) is 0 Å². The Balaban J connectivity index is 1.36.